The molecule has 1 aromatic rings. The number of benzene rings is 1. The summed E-state index contributed by atoms with van der Waals surface area (Å²) in [4.78, 5) is 11.5. The number of carboxylic acids is 1. The second kappa shape index (κ2) is 3.55. The molecule has 0 aromatic heterocycles. The maximum Gasteiger partial charge on any atom is 0.325 e. The second-order valence-corrected chi connectivity index (χ2v) is 6.67. The summed E-state index contributed by atoms with van der Waals surface area (Å²) < 4.78 is 26.1. The van der Waals surface area contributed by atoms with E-state index in [4.69, 9.17) is 0 Å². The predicted molar refractivity (Wildman–Crippen MR) is 63.4 cm³/mol. The lowest BCUT2D eigenvalue weighted by Gasteiger charge is -2.24. The number of hydrogen-bond donors (Lipinski definition) is 1. The Morgan fingerprint density at radius 1 is 1.33 bits per heavy atom. The quantitative estimate of drug-likeness (QED) is 0.883. The first kappa shape index (κ1) is 11.7. The minimum Gasteiger partial charge on any atom is -0.480 e. The third-order valence-electron chi connectivity index (χ3n) is 3.90. The number of carboxylic acid groups (broad SMARTS) is 1. The van der Waals surface area contributed by atoms with E-state index in [1.165, 1.54) is 16.4 Å². The van der Waals surface area contributed by atoms with Crippen molar-refractivity contribution in [3.63, 3.8) is 0 Å². The predicted octanol–water partition coefficient (Wildman–Crippen LogP) is 0.924. The van der Waals surface area contributed by atoms with Crippen molar-refractivity contribution in [2.24, 2.45) is 5.92 Å². The highest BCUT2D eigenvalue weighted by molar-refractivity contribution is 7.89. The highest BCUT2D eigenvalue weighted by Gasteiger charge is 2.70. The molecular formula is C12H13NO4S. The van der Waals surface area contributed by atoms with Gasteiger partial charge < -0.3 is 5.11 Å². The normalized spacial score (nSPS) is 31.0. The Hall–Kier alpha value is -1.40. The van der Waals surface area contributed by atoms with E-state index in [1.807, 2.05) is 0 Å². The molecule has 1 N–H and O–H groups in total. The zero-order chi connectivity index (χ0) is 13.0. The van der Waals surface area contributed by atoms with Crippen molar-refractivity contribution in [1.29, 1.82) is 0 Å². The van der Waals surface area contributed by atoms with Crippen molar-refractivity contribution in [3.8, 4) is 0 Å². The summed E-state index contributed by atoms with van der Waals surface area (Å²) in [5.74, 6) is -1.04. The molecule has 5 nitrogen and oxygen atoms in total. The average Bonchev–Trinajstić information content (AvgIpc) is 2.96. The Kier molecular flexibility index (Phi) is 2.30. The van der Waals surface area contributed by atoms with Crippen LogP contribution in [0.4, 0.5) is 0 Å². The van der Waals surface area contributed by atoms with Crippen LogP contribution in [-0.2, 0) is 14.8 Å². The lowest BCUT2D eigenvalue weighted by molar-refractivity contribution is -0.142. The first-order valence-corrected chi connectivity index (χ1v) is 7.25. The molecule has 1 saturated carbocycles. The molecule has 2 fully saturated rings. The van der Waals surface area contributed by atoms with Crippen molar-refractivity contribution in [3.05, 3.63) is 30.3 Å². The summed E-state index contributed by atoms with van der Waals surface area (Å²) in [5.41, 5.74) is -1.17. The zero-order valence-electron chi connectivity index (χ0n) is 9.61. The maximum atomic E-state index is 12.4. The first-order valence-electron chi connectivity index (χ1n) is 5.81. The van der Waals surface area contributed by atoms with Gasteiger partial charge in [-0.15, -0.1) is 0 Å². The number of aliphatic carboxylic acids is 1. The molecule has 18 heavy (non-hydrogen) atoms. The SMILES string of the molecule is O=C(O)[C@]12C[C@H]1CCN2S(=O)(=O)c1ccccc1. The largest absolute Gasteiger partial charge is 0.480 e. The molecule has 1 aromatic carbocycles. The fourth-order valence-corrected chi connectivity index (χ4v) is 4.69. The van der Waals surface area contributed by atoms with Crippen molar-refractivity contribution in [2.45, 2.75) is 23.3 Å². The van der Waals surface area contributed by atoms with Gasteiger partial charge in [-0.25, -0.2) is 8.42 Å². The van der Waals surface area contributed by atoms with Crippen LogP contribution in [0.1, 0.15) is 12.8 Å². The third-order valence-corrected chi connectivity index (χ3v) is 5.86. The van der Waals surface area contributed by atoms with Crippen LogP contribution in [0.25, 0.3) is 0 Å². The van der Waals surface area contributed by atoms with Crippen LogP contribution in [-0.4, -0.2) is 35.9 Å². The van der Waals surface area contributed by atoms with E-state index >= 15 is 0 Å². The first-order chi connectivity index (χ1) is 8.49. The molecule has 1 saturated heterocycles. The molecule has 0 bridgehead atoms. The van der Waals surface area contributed by atoms with Gasteiger partial charge in [-0.3, -0.25) is 4.79 Å². The van der Waals surface area contributed by atoms with Crippen molar-refractivity contribution in [2.75, 3.05) is 6.54 Å². The van der Waals surface area contributed by atoms with Gasteiger partial charge in [0.1, 0.15) is 5.54 Å². The van der Waals surface area contributed by atoms with Crippen molar-refractivity contribution in [1.82, 2.24) is 4.31 Å². The number of hydrogen-bond acceptors (Lipinski definition) is 3. The number of fused-ring (bicyclic) bond motifs is 1. The van der Waals surface area contributed by atoms with Gasteiger partial charge in [0.25, 0.3) is 0 Å². The Balaban J connectivity index is 2.04. The summed E-state index contributed by atoms with van der Waals surface area (Å²) in [5, 5.41) is 9.29. The van der Waals surface area contributed by atoms with Crippen LogP contribution >= 0.6 is 0 Å². The van der Waals surface area contributed by atoms with Crippen LogP contribution in [0, 0.1) is 5.92 Å². The van der Waals surface area contributed by atoms with Crippen molar-refractivity contribution < 1.29 is 18.3 Å². The van der Waals surface area contributed by atoms with Gasteiger partial charge in [0.15, 0.2) is 0 Å². The molecule has 1 aliphatic heterocycles. The standard InChI is InChI=1S/C12H13NO4S/c14-11(15)12-8-9(12)6-7-13(12)18(16,17)10-4-2-1-3-5-10/h1-5,9H,6-8H2,(H,14,15)/t9-,12+/m1/s1. The summed E-state index contributed by atoms with van der Waals surface area (Å²) in [7, 11) is -3.70. The van der Waals surface area contributed by atoms with Gasteiger partial charge >= 0.3 is 5.97 Å². The Bertz CT molecular complexity index is 598. The number of rotatable bonds is 3. The fraction of sp³-hybridized carbons (Fsp3) is 0.417. The van der Waals surface area contributed by atoms with Gasteiger partial charge in [0.05, 0.1) is 4.90 Å². The van der Waals surface area contributed by atoms with E-state index in [2.05, 4.69) is 0 Å². The van der Waals surface area contributed by atoms with Gasteiger partial charge in [-0.1, -0.05) is 18.2 Å². The Morgan fingerprint density at radius 3 is 2.56 bits per heavy atom. The summed E-state index contributed by atoms with van der Waals surface area (Å²) >= 11 is 0. The molecule has 96 valence electrons. The van der Waals surface area contributed by atoms with Gasteiger partial charge in [-0.05, 0) is 30.9 Å². The highest BCUT2D eigenvalue weighted by atomic mass is 32.2. The molecule has 1 aliphatic carbocycles. The lowest BCUT2D eigenvalue weighted by Crippen LogP contribution is -2.45. The molecule has 0 spiro atoms. The van der Waals surface area contributed by atoms with Crippen LogP contribution in [0.3, 0.4) is 0 Å². The molecule has 0 radical (unpaired) electrons. The van der Waals surface area contributed by atoms with Gasteiger partial charge in [0.2, 0.25) is 10.0 Å². The molecular weight excluding hydrogens is 254 g/mol. The molecule has 1 heterocycles. The Labute approximate surface area is 105 Å². The van der Waals surface area contributed by atoms with Crippen LogP contribution in [0.5, 0.6) is 0 Å². The molecule has 3 rings (SSSR count). The lowest BCUT2D eigenvalue weighted by atomic mass is 10.2. The molecule has 0 amide bonds. The van der Waals surface area contributed by atoms with E-state index in [1.54, 1.807) is 18.2 Å². The molecule has 6 heteroatoms. The molecule has 0 unspecified atom stereocenters. The van der Waals surface area contributed by atoms with Crippen molar-refractivity contribution >= 4 is 16.0 Å². The summed E-state index contributed by atoms with van der Waals surface area (Å²) in [6.45, 7) is 0.300. The average molecular weight is 267 g/mol. The number of piperidine rings is 1. The van der Waals surface area contributed by atoms with E-state index in [0.29, 0.717) is 19.4 Å². The number of nitrogens with zero attached hydrogens (tertiary/aromatic N) is 1. The minimum absolute atomic E-state index is 0.0199. The number of sulfonamides is 1. The van der Waals surface area contributed by atoms with Crippen LogP contribution in [0.15, 0.2) is 35.2 Å². The van der Waals surface area contributed by atoms with Gasteiger partial charge in [0, 0.05) is 6.54 Å². The summed E-state index contributed by atoms with van der Waals surface area (Å²) in [6, 6.07) is 8.01. The third kappa shape index (κ3) is 1.36. The summed E-state index contributed by atoms with van der Waals surface area (Å²) in [6.07, 6.45) is 1.08. The highest BCUT2D eigenvalue weighted by Crippen LogP contribution is 2.57. The fourth-order valence-electron chi connectivity index (χ4n) is 2.86. The molecule has 2 atom stereocenters. The monoisotopic (exact) mass is 267 g/mol. The smallest absolute Gasteiger partial charge is 0.325 e. The van der Waals surface area contributed by atoms with Crippen LogP contribution < -0.4 is 0 Å². The topological polar surface area (TPSA) is 74.7 Å². The van der Waals surface area contributed by atoms with Crippen LogP contribution in [0.2, 0.25) is 0 Å². The van der Waals surface area contributed by atoms with E-state index in [0.717, 1.165) is 0 Å². The molecule has 2 aliphatic rings. The van der Waals surface area contributed by atoms with E-state index < -0.39 is 21.5 Å². The number of carbonyl (C=O) groups is 1. The maximum absolute atomic E-state index is 12.4. The van der Waals surface area contributed by atoms with E-state index in [9.17, 15) is 18.3 Å². The van der Waals surface area contributed by atoms with E-state index in [-0.39, 0.29) is 10.8 Å². The Morgan fingerprint density at radius 2 is 2.00 bits per heavy atom. The zero-order valence-corrected chi connectivity index (χ0v) is 10.4. The van der Waals surface area contributed by atoms with Gasteiger partial charge in [-0.2, -0.15) is 4.31 Å². The minimum atomic E-state index is -3.70. The second-order valence-electron chi connectivity index (χ2n) is 4.81.